The monoisotopic (exact) mass is 726 g/mol. The minimum Gasteiger partial charge on any atom is -0.478 e. The Kier molecular flexibility index (Phi) is 10.2. The van der Waals surface area contributed by atoms with Gasteiger partial charge in [0, 0.05) is 74.1 Å². The van der Waals surface area contributed by atoms with Crippen molar-refractivity contribution in [3.8, 4) is 33.9 Å². The van der Waals surface area contributed by atoms with Gasteiger partial charge >= 0.3 is 5.97 Å². The molecule has 5 heterocycles. The maximum absolute atomic E-state index is 12.5. The number of likely N-dealkylation sites (tertiary alicyclic amines) is 1. The van der Waals surface area contributed by atoms with E-state index in [9.17, 15) is 9.90 Å². The van der Waals surface area contributed by atoms with Crippen LogP contribution >= 0.6 is 11.6 Å². The summed E-state index contributed by atoms with van der Waals surface area (Å²) in [6.45, 7) is 5.18. The Balaban J connectivity index is 0.960. The molecule has 0 spiro atoms. The topological polar surface area (TPSA) is 105 Å². The first-order valence-corrected chi connectivity index (χ1v) is 18.8. The van der Waals surface area contributed by atoms with Gasteiger partial charge in [-0.25, -0.2) is 14.8 Å². The molecule has 0 unspecified atom stereocenters. The number of imidazole rings is 2. The molecule has 11 heteroatoms. The van der Waals surface area contributed by atoms with Crippen LogP contribution in [0.3, 0.4) is 0 Å². The summed E-state index contributed by atoms with van der Waals surface area (Å²) in [5.41, 5.74) is 7.90. The number of carbonyl (C=O) groups is 1. The Labute approximate surface area is 314 Å². The van der Waals surface area contributed by atoms with Gasteiger partial charge in [-0.3, -0.25) is 14.9 Å². The number of aromatic nitrogens is 6. The van der Waals surface area contributed by atoms with Crippen molar-refractivity contribution in [3.05, 3.63) is 131 Å². The number of halogens is 1. The van der Waals surface area contributed by atoms with Gasteiger partial charge in [-0.15, -0.1) is 0 Å². The summed E-state index contributed by atoms with van der Waals surface area (Å²) in [5, 5.41) is 11.0. The van der Waals surface area contributed by atoms with Crippen LogP contribution in [-0.4, -0.2) is 76.6 Å². The van der Waals surface area contributed by atoms with Gasteiger partial charge < -0.3 is 19.1 Å². The summed E-state index contributed by atoms with van der Waals surface area (Å²) in [6.07, 6.45) is 15.7. The average molecular weight is 727 g/mol. The highest BCUT2D eigenvalue weighted by Gasteiger charge is 2.26. The average Bonchev–Trinajstić information content (AvgIpc) is 3.50. The van der Waals surface area contributed by atoms with Crippen molar-refractivity contribution in [2.45, 2.75) is 57.3 Å². The fourth-order valence-electron chi connectivity index (χ4n) is 7.46. The molecule has 6 aromatic rings. The quantitative estimate of drug-likeness (QED) is 0.120. The third-order valence-electron chi connectivity index (χ3n) is 10.5. The molecular weight excluding hydrogens is 684 g/mol. The molecule has 0 amide bonds. The largest absolute Gasteiger partial charge is 0.478 e. The van der Waals surface area contributed by atoms with E-state index in [2.05, 4.69) is 77.7 Å². The van der Waals surface area contributed by atoms with Gasteiger partial charge in [0.25, 0.3) is 0 Å². The number of pyridine rings is 2. The predicted octanol–water partition coefficient (Wildman–Crippen LogP) is 8.07. The second-order valence-corrected chi connectivity index (χ2v) is 14.7. The van der Waals surface area contributed by atoms with Gasteiger partial charge in [0.1, 0.15) is 11.4 Å². The molecule has 1 saturated carbocycles. The number of carboxylic acid groups (broad SMARTS) is 1. The number of aromatic carboxylic acids is 1. The number of likely N-dealkylation sites (N-methyl/N-ethyl adjacent to an activating group) is 1. The van der Waals surface area contributed by atoms with E-state index < -0.39 is 5.97 Å². The van der Waals surface area contributed by atoms with Gasteiger partial charge in [0.15, 0.2) is 0 Å². The summed E-state index contributed by atoms with van der Waals surface area (Å²) in [7, 11) is 2.12. The molecule has 1 aliphatic heterocycles. The van der Waals surface area contributed by atoms with Crippen LogP contribution in [-0.2, 0) is 19.6 Å². The molecule has 0 radical (unpaired) electrons. The zero-order valence-electron chi connectivity index (χ0n) is 29.9. The first kappa shape index (κ1) is 34.9. The number of carboxylic acids is 1. The van der Waals surface area contributed by atoms with Crippen LogP contribution in [0, 0.1) is 0 Å². The molecule has 1 saturated heterocycles. The Morgan fingerprint density at radius 2 is 1.53 bits per heavy atom. The van der Waals surface area contributed by atoms with Gasteiger partial charge in [-0.2, -0.15) is 0 Å². The van der Waals surface area contributed by atoms with E-state index in [1.54, 1.807) is 12.5 Å². The third-order valence-corrected chi connectivity index (χ3v) is 10.7. The highest BCUT2D eigenvalue weighted by atomic mass is 35.5. The van der Waals surface area contributed by atoms with Crippen LogP contribution in [0.1, 0.15) is 64.7 Å². The lowest BCUT2D eigenvalue weighted by Crippen LogP contribution is -2.27. The summed E-state index contributed by atoms with van der Waals surface area (Å²) in [5.74, 6) is -0.267. The maximum atomic E-state index is 12.5. The Hall–Kier alpha value is -5.16. The van der Waals surface area contributed by atoms with Crippen LogP contribution in [0.25, 0.3) is 33.9 Å². The lowest BCUT2D eigenvalue weighted by Gasteiger charge is -2.25. The van der Waals surface area contributed by atoms with E-state index in [1.807, 2.05) is 47.6 Å². The molecule has 1 N–H and O–H groups in total. The molecule has 53 heavy (non-hydrogen) atoms. The number of rotatable bonds is 14. The van der Waals surface area contributed by atoms with E-state index in [-0.39, 0.29) is 5.56 Å². The molecule has 8 rings (SSSR count). The van der Waals surface area contributed by atoms with Gasteiger partial charge in [-0.05, 0) is 97.8 Å². The fraction of sp³-hybridized carbons (Fsp3) is 0.310. The van der Waals surface area contributed by atoms with Crippen LogP contribution in [0.5, 0.6) is 0 Å². The van der Waals surface area contributed by atoms with Crippen molar-refractivity contribution >= 4 is 17.6 Å². The second kappa shape index (κ2) is 15.4. The molecule has 10 nitrogen and oxygen atoms in total. The maximum Gasteiger partial charge on any atom is 0.336 e. The van der Waals surface area contributed by atoms with Crippen molar-refractivity contribution in [3.63, 3.8) is 0 Å². The summed E-state index contributed by atoms with van der Waals surface area (Å²) >= 11 is 6.14. The van der Waals surface area contributed by atoms with Crippen LogP contribution in [0.2, 0.25) is 5.02 Å². The Morgan fingerprint density at radius 3 is 2.30 bits per heavy atom. The van der Waals surface area contributed by atoms with Crippen LogP contribution in [0.15, 0.2) is 104 Å². The molecule has 1 aliphatic carbocycles. The molecule has 270 valence electrons. The lowest BCUT2D eigenvalue weighted by molar-refractivity contribution is 0.0697. The molecule has 4 aromatic heterocycles. The molecule has 1 atom stereocenters. The van der Waals surface area contributed by atoms with Gasteiger partial charge in [0.2, 0.25) is 0 Å². The van der Waals surface area contributed by atoms with E-state index in [0.717, 1.165) is 62.3 Å². The zero-order chi connectivity index (χ0) is 36.3. The van der Waals surface area contributed by atoms with Crippen LogP contribution < -0.4 is 0 Å². The SMILES string of the molecule is CN(CCn1cnc(-c2nccc(C(=O)O)c2-c2ccnc(-c3cn(CCN4CCC[C@@H]4c4ccc(Cl)cc4)cn3)c2)c1)Cc1ccc(C2CC2)cc1. The number of nitrogens with zero attached hydrogens (tertiary/aromatic N) is 8. The third kappa shape index (κ3) is 8.10. The predicted molar refractivity (Wildman–Crippen MR) is 207 cm³/mol. The zero-order valence-corrected chi connectivity index (χ0v) is 30.6. The van der Waals surface area contributed by atoms with E-state index >= 15 is 0 Å². The number of benzene rings is 2. The normalized spacial score (nSPS) is 16.1. The first-order chi connectivity index (χ1) is 25.9. The molecular formula is C42H43ClN8O2. The summed E-state index contributed by atoms with van der Waals surface area (Å²) in [6, 6.07) is 22.8. The standard InChI is InChI=1S/C42H43ClN8O2/c1-48(24-29-4-6-30(7-5-29)31-8-9-31)19-20-49-26-38(47-28-49)41-40(35(42(52)53)15-17-45-41)33-14-16-44-36(23-33)37-25-50(27-46-37)21-22-51-18-2-3-39(51)32-10-12-34(43)13-11-32/h4-7,10-17,23,25-28,31,39H,2-3,8-9,18-22,24H2,1H3,(H,52,53)/t39-/m1/s1. The number of hydrogen-bond donors (Lipinski definition) is 1. The van der Waals surface area contributed by atoms with Crippen molar-refractivity contribution in [1.82, 2.24) is 38.9 Å². The second-order valence-electron chi connectivity index (χ2n) is 14.3. The van der Waals surface area contributed by atoms with Gasteiger partial charge in [-0.1, -0.05) is 48.0 Å². The highest BCUT2D eigenvalue weighted by Crippen LogP contribution is 2.40. The van der Waals surface area contributed by atoms with Gasteiger partial charge in [0.05, 0.1) is 29.6 Å². The van der Waals surface area contributed by atoms with Crippen molar-refractivity contribution in [2.24, 2.45) is 0 Å². The smallest absolute Gasteiger partial charge is 0.336 e. The fourth-order valence-corrected chi connectivity index (χ4v) is 7.59. The molecule has 2 fully saturated rings. The minimum atomic E-state index is -1.03. The summed E-state index contributed by atoms with van der Waals surface area (Å²) < 4.78 is 4.12. The van der Waals surface area contributed by atoms with Crippen molar-refractivity contribution in [1.29, 1.82) is 0 Å². The first-order valence-electron chi connectivity index (χ1n) is 18.4. The summed E-state index contributed by atoms with van der Waals surface area (Å²) in [4.78, 5) is 36.0. The van der Waals surface area contributed by atoms with E-state index in [0.29, 0.717) is 34.3 Å². The molecule has 2 aliphatic rings. The highest BCUT2D eigenvalue weighted by molar-refractivity contribution is 6.30. The Morgan fingerprint density at radius 1 is 0.811 bits per heavy atom. The Bertz CT molecular complexity index is 2190. The van der Waals surface area contributed by atoms with Crippen LogP contribution in [0.4, 0.5) is 0 Å². The van der Waals surface area contributed by atoms with E-state index in [4.69, 9.17) is 11.6 Å². The number of hydrogen-bond acceptors (Lipinski definition) is 7. The lowest BCUT2D eigenvalue weighted by atomic mass is 9.97. The van der Waals surface area contributed by atoms with Crippen molar-refractivity contribution in [2.75, 3.05) is 26.7 Å². The molecule has 0 bridgehead atoms. The molecule has 2 aromatic carbocycles. The van der Waals surface area contributed by atoms with E-state index in [1.165, 1.54) is 48.2 Å². The minimum absolute atomic E-state index is 0.153. The van der Waals surface area contributed by atoms with Crippen molar-refractivity contribution < 1.29 is 9.90 Å².